The van der Waals surface area contributed by atoms with E-state index in [-0.39, 0.29) is 12.0 Å². The first-order valence-electron chi connectivity index (χ1n) is 7.11. The number of amides is 1. The summed E-state index contributed by atoms with van der Waals surface area (Å²) in [7, 11) is 0. The number of rotatable bonds is 6. The summed E-state index contributed by atoms with van der Waals surface area (Å²) in [5.74, 6) is -0.101. The number of carbonyl (C=O) groups is 1. The number of carbonyl (C=O) groups excluding carboxylic acids is 1. The minimum absolute atomic E-state index is 0.101. The Morgan fingerprint density at radius 2 is 2.10 bits per heavy atom. The Morgan fingerprint density at radius 1 is 1.33 bits per heavy atom. The molecule has 21 heavy (non-hydrogen) atoms. The maximum absolute atomic E-state index is 12.3. The summed E-state index contributed by atoms with van der Waals surface area (Å²) in [5, 5.41) is 15.9. The van der Waals surface area contributed by atoms with E-state index in [2.05, 4.69) is 15.6 Å². The van der Waals surface area contributed by atoms with E-state index < -0.39 is 0 Å². The van der Waals surface area contributed by atoms with Gasteiger partial charge < -0.3 is 15.7 Å². The lowest BCUT2D eigenvalue weighted by molar-refractivity contribution is 0.0955. The standard InChI is InChI=1S/C16H21N3O2/c1-11-9-14(13-5-3-4-6-15(13)19-11)16(21)18-8-7-17-10-12(2)20/h3-6,9,12,17,20H,7-8,10H2,1-2H3,(H,18,21). The molecule has 1 aromatic carbocycles. The predicted octanol–water partition coefficient (Wildman–Crippen LogP) is 1.24. The van der Waals surface area contributed by atoms with Crippen molar-refractivity contribution in [2.75, 3.05) is 19.6 Å². The number of nitrogens with one attached hydrogen (secondary N) is 2. The molecular weight excluding hydrogens is 266 g/mol. The van der Waals surface area contributed by atoms with Gasteiger partial charge >= 0.3 is 0 Å². The highest BCUT2D eigenvalue weighted by Crippen LogP contribution is 2.17. The Morgan fingerprint density at radius 3 is 2.86 bits per heavy atom. The molecule has 1 heterocycles. The Bertz CT molecular complexity index is 626. The third kappa shape index (κ3) is 4.24. The first-order chi connectivity index (χ1) is 10.1. The highest BCUT2D eigenvalue weighted by molar-refractivity contribution is 6.06. The quantitative estimate of drug-likeness (QED) is 0.699. The summed E-state index contributed by atoms with van der Waals surface area (Å²) in [6, 6.07) is 9.43. The predicted molar refractivity (Wildman–Crippen MR) is 83.4 cm³/mol. The lowest BCUT2D eigenvalue weighted by atomic mass is 10.1. The molecular formula is C16H21N3O2. The highest BCUT2D eigenvalue weighted by Gasteiger charge is 2.11. The van der Waals surface area contributed by atoms with E-state index >= 15 is 0 Å². The van der Waals surface area contributed by atoms with Gasteiger partial charge in [-0.25, -0.2) is 0 Å². The summed E-state index contributed by atoms with van der Waals surface area (Å²) in [5.41, 5.74) is 2.30. The molecule has 1 atom stereocenters. The van der Waals surface area contributed by atoms with Crippen LogP contribution in [0.2, 0.25) is 0 Å². The number of aryl methyl sites for hydroxylation is 1. The zero-order valence-electron chi connectivity index (χ0n) is 12.4. The number of para-hydroxylation sites is 1. The number of hydrogen-bond acceptors (Lipinski definition) is 4. The number of aromatic nitrogens is 1. The number of fused-ring (bicyclic) bond motifs is 1. The highest BCUT2D eigenvalue weighted by atomic mass is 16.3. The van der Waals surface area contributed by atoms with Gasteiger partial charge in [-0.15, -0.1) is 0 Å². The lowest BCUT2D eigenvalue weighted by Gasteiger charge is -2.10. The average molecular weight is 287 g/mol. The molecule has 0 aliphatic rings. The number of pyridine rings is 1. The third-order valence-corrected chi connectivity index (χ3v) is 3.12. The van der Waals surface area contributed by atoms with E-state index in [1.165, 1.54) is 0 Å². The molecule has 0 saturated heterocycles. The molecule has 0 aliphatic heterocycles. The molecule has 1 amide bonds. The van der Waals surface area contributed by atoms with Crippen molar-refractivity contribution in [1.29, 1.82) is 0 Å². The minimum atomic E-state index is -0.382. The molecule has 1 unspecified atom stereocenters. The lowest BCUT2D eigenvalue weighted by Crippen LogP contribution is -2.34. The van der Waals surface area contributed by atoms with Crippen molar-refractivity contribution in [3.8, 4) is 0 Å². The smallest absolute Gasteiger partial charge is 0.252 e. The Hall–Kier alpha value is -1.98. The van der Waals surface area contributed by atoms with E-state index in [0.29, 0.717) is 25.2 Å². The van der Waals surface area contributed by atoms with Crippen molar-refractivity contribution in [1.82, 2.24) is 15.6 Å². The number of aliphatic hydroxyl groups is 1. The van der Waals surface area contributed by atoms with Crippen molar-refractivity contribution in [3.63, 3.8) is 0 Å². The van der Waals surface area contributed by atoms with Crippen molar-refractivity contribution >= 4 is 16.8 Å². The van der Waals surface area contributed by atoms with Crippen LogP contribution < -0.4 is 10.6 Å². The molecule has 3 N–H and O–H groups in total. The van der Waals surface area contributed by atoms with Crippen molar-refractivity contribution in [2.45, 2.75) is 20.0 Å². The molecule has 1 aromatic heterocycles. The summed E-state index contributed by atoms with van der Waals surface area (Å²) in [6.07, 6.45) is -0.382. The van der Waals surface area contributed by atoms with E-state index in [1.807, 2.05) is 31.2 Å². The average Bonchev–Trinajstić information content (AvgIpc) is 2.45. The molecule has 2 rings (SSSR count). The zero-order chi connectivity index (χ0) is 15.2. The van der Waals surface area contributed by atoms with E-state index in [9.17, 15) is 4.79 Å². The summed E-state index contributed by atoms with van der Waals surface area (Å²) in [6.45, 7) is 5.26. The van der Waals surface area contributed by atoms with Gasteiger partial charge in [-0.1, -0.05) is 18.2 Å². The minimum Gasteiger partial charge on any atom is -0.392 e. The van der Waals surface area contributed by atoms with Crippen LogP contribution in [0.3, 0.4) is 0 Å². The van der Waals surface area contributed by atoms with E-state index in [0.717, 1.165) is 16.6 Å². The summed E-state index contributed by atoms with van der Waals surface area (Å²) >= 11 is 0. The molecule has 2 aromatic rings. The van der Waals surface area contributed by atoms with Gasteiger partial charge in [0.05, 0.1) is 17.2 Å². The van der Waals surface area contributed by atoms with Gasteiger partial charge in [0.1, 0.15) is 0 Å². The van der Waals surface area contributed by atoms with Crippen LogP contribution in [-0.4, -0.2) is 41.7 Å². The molecule has 0 bridgehead atoms. The molecule has 0 saturated carbocycles. The van der Waals surface area contributed by atoms with Crippen molar-refractivity contribution in [2.24, 2.45) is 0 Å². The summed E-state index contributed by atoms with van der Waals surface area (Å²) < 4.78 is 0. The van der Waals surface area contributed by atoms with Crippen LogP contribution in [0.1, 0.15) is 23.0 Å². The molecule has 0 radical (unpaired) electrons. The van der Waals surface area contributed by atoms with Gasteiger partial charge in [0.2, 0.25) is 0 Å². The fraction of sp³-hybridized carbons (Fsp3) is 0.375. The third-order valence-electron chi connectivity index (χ3n) is 3.12. The van der Waals surface area contributed by atoms with E-state index in [1.54, 1.807) is 13.0 Å². The van der Waals surface area contributed by atoms with Gasteiger partial charge in [-0.3, -0.25) is 9.78 Å². The molecule has 0 aliphatic carbocycles. The van der Waals surface area contributed by atoms with Crippen molar-refractivity contribution < 1.29 is 9.90 Å². The zero-order valence-corrected chi connectivity index (χ0v) is 12.4. The van der Waals surface area contributed by atoms with Crippen LogP contribution in [0.5, 0.6) is 0 Å². The fourth-order valence-corrected chi connectivity index (χ4v) is 2.17. The Labute approximate surface area is 124 Å². The second kappa shape index (κ2) is 7.15. The first kappa shape index (κ1) is 15.4. The maximum atomic E-state index is 12.3. The largest absolute Gasteiger partial charge is 0.392 e. The Balaban J connectivity index is 2.02. The van der Waals surface area contributed by atoms with Gasteiger partial charge in [0, 0.05) is 30.7 Å². The first-order valence-corrected chi connectivity index (χ1v) is 7.11. The Kier molecular flexibility index (Phi) is 5.25. The second-order valence-electron chi connectivity index (χ2n) is 5.14. The topological polar surface area (TPSA) is 74.2 Å². The normalized spacial score (nSPS) is 12.3. The van der Waals surface area contributed by atoms with Crippen LogP contribution in [-0.2, 0) is 0 Å². The van der Waals surface area contributed by atoms with Crippen LogP contribution in [0.4, 0.5) is 0 Å². The van der Waals surface area contributed by atoms with Gasteiger partial charge in [-0.2, -0.15) is 0 Å². The van der Waals surface area contributed by atoms with Gasteiger partial charge in [0.25, 0.3) is 5.91 Å². The molecule has 112 valence electrons. The van der Waals surface area contributed by atoms with E-state index in [4.69, 9.17) is 5.11 Å². The number of hydrogen-bond donors (Lipinski definition) is 3. The SMILES string of the molecule is Cc1cc(C(=O)NCCNCC(C)O)c2ccccc2n1. The molecule has 0 fully saturated rings. The monoisotopic (exact) mass is 287 g/mol. The fourth-order valence-electron chi connectivity index (χ4n) is 2.17. The van der Waals surface area contributed by atoms with Crippen LogP contribution in [0.25, 0.3) is 10.9 Å². The maximum Gasteiger partial charge on any atom is 0.252 e. The summed E-state index contributed by atoms with van der Waals surface area (Å²) in [4.78, 5) is 16.7. The molecule has 5 nitrogen and oxygen atoms in total. The second-order valence-corrected chi connectivity index (χ2v) is 5.14. The van der Waals surface area contributed by atoms with Crippen molar-refractivity contribution in [3.05, 3.63) is 41.6 Å². The van der Waals surface area contributed by atoms with Crippen LogP contribution in [0.15, 0.2) is 30.3 Å². The number of nitrogens with zero attached hydrogens (tertiary/aromatic N) is 1. The number of benzene rings is 1. The number of aliphatic hydroxyl groups excluding tert-OH is 1. The molecule has 5 heteroatoms. The van der Waals surface area contributed by atoms with Crippen LogP contribution >= 0.6 is 0 Å². The van der Waals surface area contributed by atoms with Gasteiger partial charge in [0.15, 0.2) is 0 Å². The van der Waals surface area contributed by atoms with Crippen LogP contribution in [0, 0.1) is 6.92 Å². The van der Waals surface area contributed by atoms with Gasteiger partial charge in [-0.05, 0) is 26.0 Å². The molecule has 0 spiro atoms.